The Kier molecular flexibility index (Phi) is 7.92. The van der Waals surface area contributed by atoms with E-state index in [1.54, 1.807) is 0 Å². The maximum Gasteiger partial charge on any atom is 0.191 e. The Morgan fingerprint density at radius 1 is 1.32 bits per heavy atom. The summed E-state index contributed by atoms with van der Waals surface area (Å²) in [5.74, 6) is 2.27. The summed E-state index contributed by atoms with van der Waals surface area (Å²) >= 11 is 0. The molecule has 2 aliphatic rings. The molecule has 1 saturated heterocycles. The van der Waals surface area contributed by atoms with E-state index in [1.165, 1.54) is 25.7 Å². The van der Waals surface area contributed by atoms with Crippen LogP contribution in [0, 0.1) is 11.8 Å². The summed E-state index contributed by atoms with van der Waals surface area (Å²) in [6, 6.07) is 0. The molecule has 2 rings (SSSR count). The lowest BCUT2D eigenvalue weighted by Gasteiger charge is -2.39. The predicted molar refractivity (Wildman–Crippen MR) is 104 cm³/mol. The number of rotatable bonds is 4. The molecule has 1 heterocycles. The van der Waals surface area contributed by atoms with E-state index in [0.29, 0.717) is 6.10 Å². The molecule has 130 valence electrons. The van der Waals surface area contributed by atoms with Crippen molar-refractivity contribution >= 4 is 29.9 Å². The van der Waals surface area contributed by atoms with Crippen LogP contribution in [-0.4, -0.2) is 42.2 Å². The minimum absolute atomic E-state index is 0. The molecule has 5 heteroatoms. The fraction of sp³-hybridized carbons (Fsp3) is 0.941. The van der Waals surface area contributed by atoms with Crippen LogP contribution in [0.3, 0.4) is 0 Å². The molecule has 1 aliphatic heterocycles. The molecule has 0 aromatic carbocycles. The number of nitrogens with zero attached hydrogens (tertiary/aromatic N) is 2. The molecule has 1 unspecified atom stereocenters. The number of halogens is 1. The number of ether oxygens (including phenoxy) is 1. The average Bonchev–Trinajstić information content (AvgIpc) is 2.34. The van der Waals surface area contributed by atoms with Crippen molar-refractivity contribution in [3.63, 3.8) is 0 Å². The van der Waals surface area contributed by atoms with Gasteiger partial charge in [0.2, 0.25) is 0 Å². The molecule has 0 bridgehead atoms. The molecule has 0 spiro atoms. The molecule has 2 N–H and O–H groups in total. The van der Waals surface area contributed by atoms with Crippen molar-refractivity contribution in [2.45, 2.75) is 71.5 Å². The van der Waals surface area contributed by atoms with Crippen LogP contribution in [0.5, 0.6) is 0 Å². The lowest BCUT2D eigenvalue weighted by molar-refractivity contribution is -0.112. The van der Waals surface area contributed by atoms with Crippen LogP contribution in [0.15, 0.2) is 4.99 Å². The second-order valence-corrected chi connectivity index (χ2v) is 7.91. The van der Waals surface area contributed by atoms with Crippen molar-refractivity contribution < 1.29 is 4.74 Å². The second-order valence-electron chi connectivity index (χ2n) is 7.91. The van der Waals surface area contributed by atoms with Gasteiger partial charge in [-0.25, -0.2) is 0 Å². The fourth-order valence-electron chi connectivity index (χ4n) is 3.37. The number of likely N-dealkylation sites (tertiary alicyclic amines) is 1. The molecule has 1 saturated carbocycles. The monoisotopic (exact) mass is 423 g/mol. The van der Waals surface area contributed by atoms with Gasteiger partial charge >= 0.3 is 0 Å². The van der Waals surface area contributed by atoms with E-state index >= 15 is 0 Å². The second kappa shape index (κ2) is 8.71. The van der Waals surface area contributed by atoms with Crippen molar-refractivity contribution in [2.75, 3.05) is 19.6 Å². The van der Waals surface area contributed by atoms with Crippen LogP contribution in [0.2, 0.25) is 0 Å². The van der Waals surface area contributed by atoms with Crippen LogP contribution < -0.4 is 5.73 Å². The Morgan fingerprint density at radius 3 is 2.59 bits per heavy atom. The molecule has 0 aromatic rings. The molecule has 1 aliphatic carbocycles. The summed E-state index contributed by atoms with van der Waals surface area (Å²) in [4.78, 5) is 6.83. The van der Waals surface area contributed by atoms with E-state index < -0.39 is 0 Å². The van der Waals surface area contributed by atoms with Gasteiger partial charge in [-0.15, -0.1) is 24.0 Å². The Labute approximate surface area is 153 Å². The number of aliphatic imine (C=N–C) groups is 1. The predicted octanol–water partition coefficient (Wildman–Crippen LogP) is 3.63. The van der Waals surface area contributed by atoms with E-state index in [0.717, 1.165) is 43.9 Å². The largest absolute Gasteiger partial charge is 0.373 e. The third-order valence-electron chi connectivity index (χ3n) is 4.50. The summed E-state index contributed by atoms with van der Waals surface area (Å²) in [6.45, 7) is 11.7. The Bertz CT molecular complexity index is 361. The molecule has 4 nitrogen and oxygen atoms in total. The average molecular weight is 423 g/mol. The van der Waals surface area contributed by atoms with E-state index in [-0.39, 0.29) is 29.6 Å². The van der Waals surface area contributed by atoms with Gasteiger partial charge in [-0.05, 0) is 64.7 Å². The van der Waals surface area contributed by atoms with Crippen molar-refractivity contribution in [2.24, 2.45) is 22.6 Å². The third-order valence-corrected chi connectivity index (χ3v) is 4.50. The standard InChI is InChI=1S/C17H33N3O.HI/c1-13-6-5-9-20(12-13)16(18)19-8-7-14-10-15(11-14)21-17(2,3)4;/h13-15H,5-12H2,1-4H3,(H2,18,19);1H. The summed E-state index contributed by atoms with van der Waals surface area (Å²) in [7, 11) is 0. The highest BCUT2D eigenvalue weighted by Gasteiger charge is 2.32. The third kappa shape index (κ3) is 6.60. The zero-order valence-electron chi connectivity index (χ0n) is 14.7. The molecule has 2 fully saturated rings. The smallest absolute Gasteiger partial charge is 0.191 e. The Balaban J connectivity index is 0.00000242. The van der Waals surface area contributed by atoms with Crippen LogP contribution in [0.4, 0.5) is 0 Å². The first-order chi connectivity index (χ1) is 9.83. The van der Waals surface area contributed by atoms with Gasteiger partial charge in [0, 0.05) is 19.6 Å². The lowest BCUT2D eigenvalue weighted by Crippen LogP contribution is -2.43. The molecular formula is C17H34IN3O. The number of guanidine groups is 1. The first-order valence-corrected chi connectivity index (χ1v) is 8.56. The van der Waals surface area contributed by atoms with Crippen LogP contribution in [0.1, 0.15) is 59.8 Å². The number of hydrogen-bond acceptors (Lipinski definition) is 2. The maximum atomic E-state index is 6.12. The van der Waals surface area contributed by atoms with Gasteiger partial charge in [0.05, 0.1) is 11.7 Å². The van der Waals surface area contributed by atoms with Gasteiger partial charge in [-0.2, -0.15) is 0 Å². The van der Waals surface area contributed by atoms with Gasteiger partial charge in [-0.1, -0.05) is 6.92 Å². The van der Waals surface area contributed by atoms with Crippen LogP contribution in [0.25, 0.3) is 0 Å². The van der Waals surface area contributed by atoms with Crippen LogP contribution in [-0.2, 0) is 4.74 Å². The molecule has 22 heavy (non-hydrogen) atoms. The van der Waals surface area contributed by atoms with Crippen molar-refractivity contribution in [1.82, 2.24) is 4.90 Å². The van der Waals surface area contributed by atoms with Gasteiger partial charge < -0.3 is 15.4 Å². The van der Waals surface area contributed by atoms with Crippen molar-refractivity contribution in [3.8, 4) is 0 Å². The summed E-state index contributed by atoms with van der Waals surface area (Å²) in [5, 5.41) is 0. The zero-order chi connectivity index (χ0) is 15.5. The molecule has 0 radical (unpaired) electrons. The number of hydrogen-bond donors (Lipinski definition) is 1. The Morgan fingerprint density at radius 2 is 2.00 bits per heavy atom. The van der Waals surface area contributed by atoms with Gasteiger partial charge in [0.15, 0.2) is 5.96 Å². The lowest BCUT2D eigenvalue weighted by atomic mass is 9.80. The van der Waals surface area contributed by atoms with Gasteiger partial charge in [0.25, 0.3) is 0 Å². The highest BCUT2D eigenvalue weighted by Crippen LogP contribution is 2.35. The van der Waals surface area contributed by atoms with E-state index in [4.69, 9.17) is 10.5 Å². The minimum atomic E-state index is -0.0107. The normalized spacial score (nSPS) is 29.7. The summed E-state index contributed by atoms with van der Waals surface area (Å²) in [5.41, 5.74) is 6.11. The minimum Gasteiger partial charge on any atom is -0.373 e. The van der Waals surface area contributed by atoms with Gasteiger partial charge in [-0.3, -0.25) is 4.99 Å². The molecule has 0 amide bonds. The van der Waals surface area contributed by atoms with Crippen LogP contribution >= 0.6 is 24.0 Å². The zero-order valence-corrected chi connectivity index (χ0v) is 17.0. The maximum absolute atomic E-state index is 6.12. The topological polar surface area (TPSA) is 50.8 Å². The highest BCUT2D eigenvalue weighted by atomic mass is 127. The van der Waals surface area contributed by atoms with Crippen molar-refractivity contribution in [1.29, 1.82) is 0 Å². The number of nitrogens with two attached hydrogens (primary N) is 1. The highest BCUT2D eigenvalue weighted by molar-refractivity contribution is 14.0. The quantitative estimate of drug-likeness (QED) is 0.427. The van der Waals surface area contributed by atoms with Gasteiger partial charge in [0.1, 0.15) is 0 Å². The number of piperidine rings is 1. The first kappa shape index (κ1) is 20.0. The Hall–Kier alpha value is -0.0400. The van der Waals surface area contributed by atoms with Crippen molar-refractivity contribution in [3.05, 3.63) is 0 Å². The molecular weight excluding hydrogens is 389 g/mol. The SMILES string of the molecule is CC1CCCN(C(N)=NCCC2CC(OC(C)(C)C)C2)C1.I. The summed E-state index contributed by atoms with van der Waals surface area (Å²) in [6.07, 6.45) is 6.54. The van der Waals surface area contributed by atoms with E-state index in [2.05, 4.69) is 37.6 Å². The van der Waals surface area contributed by atoms with E-state index in [9.17, 15) is 0 Å². The molecule has 1 atom stereocenters. The molecule has 0 aromatic heterocycles. The fourth-order valence-corrected chi connectivity index (χ4v) is 3.37. The summed E-state index contributed by atoms with van der Waals surface area (Å²) < 4.78 is 5.97. The first-order valence-electron chi connectivity index (χ1n) is 8.56. The van der Waals surface area contributed by atoms with E-state index in [1.807, 2.05) is 0 Å².